The van der Waals surface area contributed by atoms with Crippen molar-refractivity contribution in [1.82, 2.24) is 9.80 Å². The predicted molar refractivity (Wildman–Crippen MR) is 72.3 cm³/mol. The minimum absolute atomic E-state index is 0. The Labute approximate surface area is 114 Å². The summed E-state index contributed by atoms with van der Waals surface area (Å²) in [5.74, 6) is -0.187. The summed E-state index contributed by atoms with van der Waals surface area (Å²) in [7, 11) is 0. The number of primary amides is 1. The van der Waals surface area contributed by atoms with Gasteiger partial charge in [0.15, 0.2) is 0 Å². The molecule has 2 amide bonds. The zero-order chi connectivity index (χ0) is 13.0. The molecular formula is C11H23ClN4O2. The van der Waals surface area contributed by atoms with Gasteiger partial charge in [-0.05, 0) is 5.92 Å². The lowest BCUT2D eigenvalue weighted by molar-refractivity contribution is -0.135. The predicted octanol–water partition coefficient (Wildman–Crippen LogP) is -0.979. The molecule has 0 aromatic heterocycles. The van der Waals surface area contributed by atoms with Crippen molar-refractivity contribution in [2.45, 2.75) is 19.9 Å². The van der Waals surface area contributed by atoms with Gasteiger partial charge < -0.3 is 16.4 Å². The van der Waals surface area contributed by atoms with Gasteiger partial charge in [0.05, 0.1) is 12.6 Å². The molecule has 0 aromatic rings. The minimum Gasteiger partial charge on any atom is -0.369 e. The van der Waals surface area contributed by atoms with Crippen LogP contribution in [-0.4, -0.2) is 60.4 Å². The zero-order valence-electron chi connectivity index (χ0n) is 11.0. The molecule has 1 fully saturated rings. The van der Waals surface area contributed by atoms with Gasteiger partial charge in [-0.2, -0.15) is 0 Å². The Morgan fingerprint density at radius 3 is 2.06 bits per heavy atom. The van der Waals surface area contributed by atoms with E-state index in [4.69, 9.17) is 11.5 Å². The molecule has 0 aliphatic carbocycles. The summed E-state index contributed by atoms with van der Waals surface area (Å²) < 4.78 is 0. The fourth-order valence-corrected chi connectivity index (χ4v) is 1.84. The molecule has 6 nitrogen and oxygen atoms in total. The maximum Gasteiger partial charge on any atom is 0.239 e. The van der Waals surface area contributed by atoms with E-state index in [0.717, 1.165) is 0 Å². The van der Waals surface area contributed by atoms with Crippen LogP contribution >= 0.6 is 12.4 Å². The molecule has 1 saturated heterocycles. The number of carbonyl (C=O) groups is 2. The molecule has 1 atom stereocenters. The second kappa shape index (κ2) is 7.56. The van der Waals surface area contributed by atoms with E-state index in [9.17, 15) is 9.59 Å². The summed E-state index contributed by atoms with van der Waals surface area (Å²) in [6.07, 6.45) is 0. The van der Waals surface area contributed by atoms with Crippen LogP contribution in [-0.2, 0) is 9.59 Å². The average molecular weight is 279 g/mol. The van der Waals surface area contributed by atoms with Crippen LogP contribution in [0.15, 0.2) is 0 Å². The average Bonchev–Trinajstić information content (AvgIpc) is 2.27. The van der Waals surface area contributed by atoms with Crippen LogP contribution in [0, 0.1) is 5.92 Å². The molecular weight excluding hydrogens is 256 g/mol. The molecule has 0 saturated carbocycles. The summed E-state index contributed by atoms with van der Waals surface area (Å²) in [6, 6.07) is -0.433. The number of piperazine rings is 1. The smallest absolute Gasteiger partial charge is 0.239 e. The fourth-order valence-electron chi connectivity index (χ4n) is 1.84. The third kappa shape index (κ3) is 4.80. The molecule has 0 radical (unpaired) electrons. The van der Waals surface area contributed by atoms with E-state index in [1.54, 1.807) is 4.90 Å². The number of halogens is 1. The van der Waals surface area contributed by atoms with E-state index in [0.29, 0.717) is 26.2 Å². The maximum atomic E-state index is 12.0. The highest BCUT2D eigenvalue weighted by atomic mass is 35.5. The first-order valence-electron chi connectivity index (χ1n) is 5.97. The van der Waals surface area contributed by atoms with Crippen LogP contribution in [0.5, 0.6) is 0 Å². The molecule has 7 heteroatoms. The van der Waals surface area contributed by atoms with Gasteiger partial charge in [0, 0.05) is 26.2 Å². The second-order valence-corrected chi connectivity index (χ2v) is 4.84. The summed E-state index contributed by atoms with van der Waals surface area (Å²) in [6.45, 7) is 6.73. The van der Waals surface area contributed by atoms with Crippen LogP contribution in [0.25, 0.3) is 0 Å². The summed E-state index contributed by atoms with van der Waals surface area (Å²) in [4.78, 5) is 26.4. The highest BCUT2D eigenvalue weighted by molar-refractivity contribution is 5.85. The molecule has 1 aliphatic heterocycles. The molecule has 1 aliphatic rings. The first-order chi connectivity index (χ1) is 7.91. The van der Waals surface area contributed by atoms with Crippen LogP contribution in [0.3, 0.4) is 0 Å². The first-order valence-corrected chi connectivity index (χ1v) is 5.97. The standard InChI is InChI=1S/C11H22N4O2.ClH/c1-8(2)10(13)11(17)15-5-3-14(4-6-15)7-9(12)16;/h8,10H,3-7,13H2,1-2H3,(H2,12,16);1H/t10-;/m0./s1. The minimum atomic E-state index is -0.433. The Bertz CT molecular complexity index is 291. The Hall–Kier alpha value is -0.850. The van der Waals surface area contributed by atoms with Crippen LogP contribution in [0.2, 0.25) is 0 Å². The molecule has 0 unspecified atom stereocenters. The fraction of sp³-hybridized carbons (Fsp3) is 0.818. The van der Waals surface area contributed by atoms with Gasteiger partial charge in [-0.25, -0.2) is 0 Å². The lowest BCUT2D eigenvalue weighted by Gasteiger charge is -2.35. The largest absolute Gasteiger partial charge is 0.369 e. The van der Waals surface area contributed by atoms with Crippen molar-refractivity contribution < 1.29 is 9.59 Å². The van der Waals surface area contributed by atoms with Crippen molar-refractivity contribution in [3.8, 4) is 0 Å². The number of nitrogens with two attached hydrogens (primary N) is 2. The third-order valence-electron chi connectivity index (χ3n) is 3.07. The quantitative estimate of drug-likeness (QED) is 0.691. The molecule has 4 N–H and O–H groups in total. The van der Waals surface area contributed by atoms with Gasteiger partial charge in [-0.1, -0.05) is 13.8 Å². The van der Waals surface area contributed by atoms with Crippen molar-refractivity contribution in [1.29, 1.82) is 0 Å². The van der Waals surface area contributed by atoms with Crippen molar-refractivity contribution in [2.75, 3.05) is 32.7 Å². The summed E-state index contributed by atoms with van der Waals surface area (Å²) >= 11 is 0. The van der Waals surface area contributed by atoms with Crippen LogP contribution in [0.4, 0.5) is 0 Å². The summed E-state index contributed by atoms with van der Waals surface area (Å²) in [5, 5.41) is 0. The number of amides is 2. The van der Waals surface area contributed by atoms with Gasteiger partial charge in [0.25, 0.3) is 0 Å². The normalized spacial score (nSPS) is 18.3. The molecule has 0 aromatic carbocycles. The van der Waals surface area contributed by atoms with Gasteiger partial charge >= 0.3 is 0 Å². The van der Waals surface area contributed by atoms with E-state index in [1.807, 2.05) is 18.7 Å². The van der Waals surface area contributed by atoms with Gasteiger partial charge in [-0.3, -0.25) is 14.5 Å². The lowest BCUT2D eigenvalue weighted by Crippen LogP contribution is -2.55. The van der Waals surface area contributed by atoms with Crippen molar-refractivity contribution >= 4 is 24.2 Å². The van der Waals surface area contributed by atoms with Crippen molar-refractivity contribution in [2.24, 2.45) is 17.4 Å². The van der Waals surface area contributed by atoms with E-state index in [1.165, 1.54) is 0 Å². The van der Waals surface area contributed by atoms with E-state index < -0.39 is 6.04 Å². The van der Waals surface area contributed by atoms with E-state index in [-0.39, 0.29) is 36.7 Å². The number of hydrogen-bond acceptors (Lipinski definition) is 4. The van der Waals surface area contributed by atoms with Crippen LogP contribution in [0.1, 0.15) is 13.8 Å². The van der Waals surface area contributed by atoms with Gasteiger partial charge in [0.1, 0.15) is 0 Å². The van der Waals surface area contributed by atoms with Crippen LogP contribution < -0.4 is 11.5 Å². The summed E-state index contributed by atoms with van der Waals surface area (Å²) in [5.41, 5.74) is 11.0. The Balaban J connectivity index is 0.00000289. The Morgan fingerprint density at radius 2 is 1.67 bits per heavy atom. The maximum absolute atomic E-state index is 12.0. The number of rotatable bonds is 4. The number of carbonyl (C=O) groups excluding carboxylic acids is 2. The Morgan fingerprint density at radius 1 is 1.17 bits per heavy atom. The molecule has 0 bridgehead atoms. The van der Waals surface area contributed by atoms with Crippen molar-refractivity contribution in [3.05, 3.63) is 0 Å². The Kier molecular flexibility index (Phi) is 7.20. The van der Waals surface area contributed by atoms with Gasteiger partial charge in [0.2, 0.25) is 11.8 Å². The SMILES string of the molecule is CC(C)[C@H](N)C(=O)N1CCN(CC(N)=O)CC1.Cl. The molecule has 1 rings (SSSR count). The second-order valence-electron chi connectivity index (χ2n) is 4.84. The highest BCUT2D eigenvalue weighted by Crippen LogP contribution is 2.07. The molecule has 106 valence electrons. The molecule has 1 heterocycles. The molecule has 18 heavy (non-hydrogen) atoms. The van der Waals surface area contributed by atoms with Gasteiger partial charge in [-0.15, -0.1) is 12.4 Å². The van der Waals surface area contributed by atoms with E-state index in [2.05, 4.69) is 0 Å². The first kappa shape index (κ1) is 17.2. The topological polar surface area (TPSA) is 92.7 Å². The monoisotopic (exact) mass is 278 g/mol. The number of nitrogens with zero attached hydrogens (tertiary/aromatic N) is 2. The molecule has 0 spiro atoms. The van der Waals surface area contributed by atoms with E-state index >= 15 is 0 Å². The number of hydrogen-bond donors (Lipinski definition) is 2. The third-order valence-corrected chi connectivity index (χ3v) is 3.07. The highest BCUT2D eigenvalue weighted by Gasteiger charge is 2.26. The lowest BCUT2D eigenvalue weighted by atomic mass is 10.0. The zero-order valence-corrected chi connectivity index (χ0v) is 11.8. The van der Waals surface area contributed by atoms with Crippen molar-refractivity contribution in [3.63, 3.8) is 0 Å².